The molecule has 1 aliphatic heterocycles. The Hall–Kier alpha value is -1.93. The maximum Gasteiger partial charge on any atom is 0.243 e. The van der Waals surface area contributed by atoms with Gasteiger partial charge >= 0.3 is 0 Å². The molecule has 2 aromatic carbocycles. The second kappa shape index (κ2) is 8.18. The Morgan fingerprint density at radius 3 is 2.54 bits per heavy atom. The van der Waals surface area contributed by atoms with Crippen molar-refractivity contribution < 1.29 is 18.3 Å². The van der Waals surface area contributed by atoms with Gasteiger partial charge in [-0.2, -0.15) is 4.31 Å². The van der Waals surface area contributed by atoms with Crippen LogP contribution in [-0.2, 0) is 21.3 Å². The van der Waals surface area contributed by atoms with E-state index in [1.54, 1.807) is 42.6 Å². The van der Waals surface area contributed by atoms with Crippen LogP contribution in [-0.4, -0.2) is 50.3 Å². The number of ether oxygens (including phenoxy) is 1. The van der Waals surface area contributed by atoms with Gasteiger partial charge in [-0.3, -0.25) is 4.99 Å². The number of phenols is 1. The highest BCUT2D eigenvalue weighted by atomic mass is 35.5. The van der Waals surface area contributed by atoms with Crippen LogP contribution in [0.2, 0.25) is 5.02 Å². The number of hydrogen-bond acceptors (Lipinski definition) is 5. The molecule has 0 unspecified atom stereocenters. The molecule has 0 bridgehead atoms. The van der Waals surface area contributed by atoms with Crippen molar-refractivity contribution in [2.75, 3.05) is 26.3 Å². The highest BCUT2D eigenvalue weighted by Gasteiger charge is 2.25. The van der Waals surface area contributed by atoms with Crippen LogP contribution in [0, 0.1) is 0 Å². The lowest BCUT2D eigenvalue weighted by molar-refractivity contribution is 0.0730. The van der Waals surface area contributed by atoms with Gasteiger partial charge in [0, 0.05) is 29.9 Å². The van der Waals surface area contributed by atoms with Crippen LogP contribution in [0.1, 0.15) is 11.1 Å². The minimum Gasteiger partial charge on any atom is -0.507 e. The zero-order valence-corrected chi connectivity index (χ0v) is 15.6. The Balaban J connectivity index is 1.68. The quantitative estimate of drug-likeness (QED) is 0.791. The van der Waals surface area contributed by atoms with Crippen LogP contribution in [0.3, 0.4) is 0 Å². The molecule has 0 aliphatic carbocycles. The molecule has 6 nitrogen and oxygen atoms in total. The number of hydrogen-bond donors (Lipinski definition) is 1. The minimum atomic E-state index is -3.49. The van der Waals surface area contributed by atoms with Crippen LogP contribution in [0.4, 0.5) is 0 Å². The summed E-state index contributed by atoms with van der Waals surface area (Å²) in [6.07, 6.45) is 1.54. The van der Waals surface area contributed by atoms with Gasteiger partial charge < -0.3 is 9.84 Å². The second-order valence-electron chi connectivity index (χ2n) is 5.83. The maximum absolute atomic E-state index is 12.6. The number of aliphatic imine (C=N–C) groups is 1. The standard InChI is InChI=1S/C18H19ClN2O4S/c19-16-3-6-18(22)15(11-16)13-20-12-14-1-4-17(5-2-14)26(23,24)21-7-9-25-10-8-21/h1-6,11,13,22H,7-10,12H2. The van der Waals surface area contributed by atoms with Crippen molar-refractivity contribution >= 4 is 27.8 Å². The van der Waals surface area contributed by atoms with E-state index in [0.29, 0.717) is 43.4 Å². The summed E-state index contributed by atoms with van der Waals surface area (Å²) in [5.74, 6) is 0.102. The Kier molecular flexibility index (Phi) is 5.93. The fraction of sp³-hybridized carbons (Fsp3) is 0.278. The molecule has 138 valence electrons. The number of phenolic OH excluding ortho intramolecular Hbond substituents is 1. The van der Waals surface area contributed by atoms with Gasteiger partial charge in [0.05, 0.1) is 24.7 Å². The first kappa shape index (κ1) is 18.8. The van der Waals surface area contributed by atoms with Gasteiger partial charge in [0.25, 0.3) is 0 Å². The van der Waals surface area contributed by atoms with Gasteiger partial charge in [0.2, 0.25) is 10.0 Å². The molecule has 8 heteroatoms. The summed E-state index contributed by atoms with van der Waals surface area (Å²) < 4.78 is 31.8. The molecule has 3 rings (SSSR count). The monoisotopic (exact) mass is 394 g/mol. The summed E-state index contributed by atoms with van der Waals surface area (Å²) in [7, 11) is -3.49. The highest BCUT2D eigenvalue weighted by Crippen LogP contribution is 2.20. The average Bonchev–Trinajstić information content (AvgIpc) is 2.66. The van der Waals surface area contributed by atoms with Crippen LogP contribution < -0.4 is 0 Å². The summed E-state index contributed by atoms with van der Waals surface area (Å²) in [4.78, 5) is 4.54. The number of morpholine rings is 1. The lowest BCUT2D eigenvalue weighted by Gasteiger charge is -2.26. The van der Waals surface area contributed by atoms with Crippen molar-refractivity contribution in [1.82, 2.24) is 4.31 Å². The van der Waals surface area contributed by atoms with E-state index in [2.05, 4.69) is 4.99 Å². The SMILES string of the molecule is O=S(=O)(c1ccc(CN=Cc2cc(Cl)ccc2O)cc1)N1CCOCC1. The predicted octanol–water partition coefficient (Wildman–Crippen LogP) is 2.69. The van der Waals surface area contributed by atoms with Gasteiger partial charge in [-0.05, 0) is 35.9 Å². The van der Waals surface area contributed by atoms with E-state index in [4.69, 9.17) is 16.3 Å². The van der Waals surface area contributed by atoms with Crippen LogP contribution >= 0.6 is 11.6 Å². The lowest BCUT2D eigenvalue weighted by Crippen LogP contribution is -2.40. The number of sulfonamides is 1. The summed E-state index contributed by atoms with van der Waals surface area (Å²) in [6, 6.07) is 11.4. The van der Waals surface area contributed by atoms with Crippen molar-refractivity contribution in [1.29, 1.82) is 0 Å². The van der Waals surface area contributed by atoms with E-state index < -0.39 is 10.0 Å². The molecule has 2 aromatic rings. The Bertz CT molecular complexity index is 892. The van der Waals surface area contributed by atoms with Crippen molar-refractivity contribution in [2.45, 2.75) is 11.4 Å². The summed E-state index contributed by atoms with van der Waals surface area (Å²) in [5, 5.41) is 10.3. The molecule has 0 spiro atoms. The number of aromatic hydroxyl groups is 1. The summed E-state index contributed by atoms with van der Waals surface area (Å²) >= 11 is 5.90. The fourth-order valence-corrected chi connectivity index (χ4v) is 4.17. The average molecular weight is 395 g/mol. The first-order valence-electron chi connectivity index (χ1n) is 8.12. The first-order valence-corrected chi connectivity index (χ1v) is 9.94. The predicted molar refractivity (Wildman–Crippen MR) is 100 cm³/mol. The van der Waals surface area contributed by atoms with E-state index in [0.717, 1.165) is 5.56 Å². The van der Waals surface area contributed by atoms with Gasteiger partial charge in [0.15, 0.2) is 0 Å². The van der Waals surface area contributed by atoms with E-state index in [-0.39, 0.29) is 10.6 Å². The Morgan fingerprint density at radius 1 is 1.15 bits per heavy atom. The third-order valence-electron chi connectivity index (χ3n) is 4.02. The molecule has 1 heterocycles. The van der Waals surface area contributed by atoms with E-state index in [1.807, 2.05) is 0 Å². The molecule has 1 fully saturated rings. The van der Waals surface area contributed by atoms with Gasteiger partial charge in [-0.1, -0.05) is 23.7 Å². The number of rotatable bonds is 5. The topological polar surface area (TPSA) is 79.2 Å². The van der Waals surface area contributed by atoms with Gasteiger partial charge in [0.1, 0.15) is 5.75 Å². The molecule has 0 amide bonds. The molecule has 1 aliphatic rings. The van der Waals surface area contributed by atoms with Crippen LogP contribution in [0.25, 0.3) is 0 Å². The zero-order valence-electron chi connectivity index (χ0n) is 14.0. The molecule has 0 saturated carbocycles. The first-order chi connectivity index (χ1) is 12.5. The van der Waals surface area contributed by atoms with Crippen LogP contribution in [0.5, 0.6) is 5.75 Å². The molecule has 1 saturated heterocycles. The lowest BCUT2D eigenvalue weighted by atomic mass is 10.2. The molecule has 0 aromatic heterocycles. The molecular weight excluding hydrogens is 376 g/mol. The molecule has 1 N–H and O–H groups in total. The highest BCUT2D eigenvalue weighted by molar-refractivity contribution is 7.89. The third kappa shape index (κ3) is 4.42. The van der Waals surface area contributed by atoms with Crippen molar-refractivity contribution in [2.24, 2.45) is 4.99 Å². The summed E-state index contributed by atoms with van der Waals surface area (Å²) in [5.41, 5.74) is 1.40. The number of nitrogens with zero attached hydrogens (tertiary/aromatic N) is 2. The van der Waals surface area contributed by atoms with E-state index in [1.165, 1.54) is 10.4 Å². The molecular formula is C18H19ClN2O4S. The summed E-state index contributed by atoms with van der Waals surface area (Å²) in [6.45, 7) is 1.95. The number of benzene rings is 2. The normalized spacial score (nSPS) is 16.2. The van der Waals surface area contributed by atoms with Crippen molar-refractivity contribution in [3.63, 3.8) is 0 Å². The minimum absolute atomic E-state index is 0.102. The smallest absolute Gasteiger partial charge is 0.243 e. The number of halogens is 1. The van der Waals surface area contributed by atoms with E-state index >= 15 is 0 Å². The molecule has 0 radical (unpaired) electrons. The maximum atomic E-state index is 12.6. The van der Waals surface area contributed by atoms with E-state index in [9.17, 15) is 13.5 Å². The van der Waals surface area contributed by atoms with Crippen LogP contribution in [0.15, 0.2) is 52.4 Å². The third-order valence-corrected chi connectivity index (χ3v) is 6.17. The largest absolute Gasteiger partial charge is 0.507 e. The van der Waals surface area contributed by atoms with Gasteiger partial charge in [-0.25, -0.2) is 8.42 Å². The zero-order chi connectivity index (χ0) is 18.6. The fourth-order valence-electron chi connectivity index (χ4n) is 2.58. The molecule has 26 heavy (non-hydrogen) atoms. The second-order valence-corrected chi connectivity index (χ2v) is 8.21. The Morgan fingerprint density at radius 2 is 1.85 bits per heavy atom. The van der Waals surface area contributed by atoms with Gasteiger partial charge in [-0.15, -0.1) is 0 Å². The molecule has 0 atom stereocenters. The Labute approximate surface area is 157 Å². The van der Waals surface area contributed by atoms with Crippen molar-refractivity contribution in [3.05, 3.63) is 58.6 Å². The van der Waals surface area contributed by atoms with Crippen molar-refractivity contribution in [3.8, 4) is 5.75 Å².